The highest BCUT2D eigenvalue weighted by Crippen LogP contribution is 2.28. The molecule has 0 unspecified atom stereocenters. The lowest BCUT2D eigenvalue weighted by molar-refractivity contribution is -0.253. The minimum atomic E-state index is -4.54. The smallest absolute Gasteiger partial charge is 0.428 e. The molecule has 1 rings (SSSR count). The third kappa shape index (κ3) is 5.68. The maximum Gasteiger partial charge on any atom is 0.461 e. The molecule has 8 heteroatoms. The van der Waals surface area contributed by atoms with E-state index in [9.17, 15) is 22.7 Å². The Morgan fingerprint density at radius 1 is 1.24 bits per heavy atom. The second kappa shape index (κ2) is 8.41. The Morgan fingerprint density at radius 3 is 2.19 bits per heavy atom. The molecule has 0 aliphatic carbocycles. The Hall–Kier alpha value is -1.05. The highest BCUT2D eigenvalue weighted by Gasteiger charge is 2.43. The van der Waals surface area contributed by atoms with Gasteiger partial charge in [0.15, 0.2) is 0 Å². The van der Waals surface area contributed by atoms with Crippen molar-refractivity contribution in [1.29, 1.82) is 0 Å². The zero-order valence-corrected chi connectivity index (χ0v) is 12.1. The number of nitrogens with two attached hydrogens (primary N) is 1. The number of hydrogen-bond acceptors (Lipinski definition) is 3. The quantitative estimate of drug-likeness (QED) is 0.752. The summed E-state index contributed by atoms with van der Waals surface area (Å²) in [5, 5.41) is 9.72. The summed E-state index contributed by atoms with van der Waals surface area (Å²) in [6.07, 6.45) is -7.95. The zero-order valence-electron chi connectivity index (χ0n) is 11.3. The molecule has 21 heavy (non-hydrogen) atoms. The van der Waals surface area contributed by atoms with E-state index in [-0.39, 0.29) is 12.4 Å². The topological polar surface area (TPSA) is 55.5 Å². The summed E-state index contributed by atoms with van der Waals surface area (Å²) in [4.78, 5) is 0. The van der Waals surface area contributed by atoms with Crippen molar-refractivity contribution in [3.63, 3.8) is 0 Å². The largest absolute Gasteiger partial charge is 0.461 e. The van der Waals surface area contributed by atoms with Crippen molar-refractivity contribution in [2.24, 2.45) is 5.73 Å². The summed E-state index contributed by atoms with van der Waals surface area (Å²) >= 11 is 0. The highest BCUT2D eigenvalue weighted by molar-refractivity contribution is 5.85. The molecule has 0 spiro atoms. The molecule has 0 saturated carbocycles. The molecule has 0 radical (unpaired) electrons. The van der Waals surface area contributed by atoms with Gasteiger partial charge in [-0.05, 0) is 24.1 Å². The van der Waals surface area contributed by atoms with E-state index in [1.165, 1.54) is 12.1 Å². The van der Waals surface area contributed by atoms with Gasteiger partial charge in [0.25, 0.3) is 0 Å². The molecule has 0 aromatic heterocycles. The van der Waals surface area contributed by atoms with Crippen LogP contribution in [0, 0.1) is 0 Å². The highest BCUT2D eigenvalue weighted by atomic mass is 35.5. The van der Waals surface area contributed by atoms with Crippen LogP contribution in [0.25, 0.3) is 0 Å². The van der Waals surface area contributed by atoms with E-state index < -0.39 is 30.4 Å². The summed E-state index contributed by atoms with van der Waals surface area (Å²) < 4.78 is 53.2. The van der Waals surface area contributed by atoms with E-state index in [0.29, 0.717) is 12.0 Å². The number of aliphatic hydroxyl groups excluding tert-OH is 1. The molecule has 0 bridgehead atoms. The number of aliphatic hydroxyl groups is 1. The minimum absolute atomic E-state index is 0. The van der Waals surface area contributed by atoms with Gasteiger partial charge >= 0.3 is 12.5 Å². The maximum atomic E-state index is 12.7. The average molecular weight is 332 g/mol. The van der Waals surface area contributed by atoms with Crippen LogP contribution in [0.5, 0.6) is 5.75 Å². The summed E-state index contributed by atoms with van der Waals surface area (Å²) in [5.41, 5.74) is 6.30. The molecule has 0 saturated heterocycles. The first-order chi connectivity index (χ1) is 9.27. The summed E-state index contributed by atoms with van der Waals surface area (Å²) in [6.45, 7) is 1.89. The lowest BCUT2D eigenvalue weighted by Gasteiger charge is -2.20. The molecule has 3 N–H and O–H groups in total. The zero-order chi connectivity index (χ0) is 15.3. The Bertz CT molecular complexity index is 417. The number of ether oxygens (including phenoxy) is 1. The lowest BCUT2D eigenvalue weighted by atomic mass is 9.99. The van der Waals surface area contributed by atoms with Crippen LogP contribution in [0.1, 0.15) is 31.4 Å². The van der Waals surface area contributed by atoms with E-state index >= 15 is 0 Å². The molecule has 0 heterocycles. The number of halogens is 5. The second-order valence-corrected chi connectivity index (χ2v) is 4.42. The molecule has 1 aromatic rings. The monoisotopic (exact) mass is 331 g/mol. The predicted molar refractivity (Wildman–Crippen MR) is 73.1 cm³/mol. The van der Waals surface area contributed by atoms with E-state index in [0.717, 1.165) is 18.6 Å². The van der Waals surface area contributed by atoms with Gasteiger partial charge in [-0.25, -0.2) is 0 Å². The fourth-order valence-corrected chi connectivity index (χ4v) is 1.66. The number of benzene rings is 1. The van der Waals surface area contributed by atoms with Crippen molar-refractivity contribution in [2.45, 2.75) is 44.4 Å². The average Bonchev–Trinajstić information content (AvgIpc) is 2.38. The van der Waals surface area contributed by atoms with Crippen molar-refractivity contribution < 1.29 is 27.4 Å². The van der Waals surface area contributed by atoms with E-state index in [1.54, 1.807) is 0 Å². The van der Waals surface area contributed by atoms with Gasteiger partial charge in [0, 0.05) is 0 Å². The van der Waals surface area contributed by atoms with Gasteiger partial charge in [0.1, 0.15) is 5.75 Å². The lowest BCUT2D eigenvalue weighted by Crippen LogP contribution is -2.33. The Balaban J connectivity index is 0.00000400. The van der Waals surface area contributed by atoms with Crippen molar-refractivity contribution in [1.82, 2.24) is 0 Å². The third-order valence-electron chi connectivity index (χ3n) is 2.77. The summed E-state index contributed by atoms with van der Waals surface area (Å²) in [7, 11) is 0. The molecule has 1 aromatic carbocycles. The minimum Gasteiger partial charge on any atom is -0.428 e. The van der Waals surface area contributed by atoms with Gasteiger partial charge in [0.2, 0.25) is 0 Å². The molecular weight excluding hydrogens is 314 g/mol. The molecule has 2 atom stereocenters. The maximum absolute atomic E-state index is 12.7. The van der Waals surface area contributed by atoms with Crippen molar-refractivity contribution in [2.75, 3.05) is 0 Å². The van der Waals surface area contributed by atoms with Crippen LogP contribution in [0.2, 0.25) is 0 Å². The molecular formula is C13H18ClF4NO2. The van der Waals surface area contributed by atoms with Crippen LogP contribution in [0.4, 0.5) is 17.6 Å². The van der Waals surface area contributed by atoms with Crippen LogP contribution in [0.15, 0.2) is 24.3 Å². The molecule has 122 valence electrons. The van der Waals surface area contributed by atoms with Crippen molar-refractivity contribution in [3.8, 4) is 5.75 Å². The predicted octanol–water partition coefficient (Wildman–Crippen LogP) is 3.51. The van der Waals surface area contributed by atoms with Crippen molar-refractivity contribution in [3.05, 3.63) is 29.8 Å². The second-order valence-electron chi connectivity index (χ2n) is 4.42. The van der Waals surface area contributed by atoms with Crippen LogP contribution >= 0.6 is 12.4 Å². The Morgan fingerprint density at radius 2 is 1.76 bits per heavy atom. The van der Waals surface area contributed by atoms with Gasteiger partial charge < -0.3 is 15.6 Å². The SMILES string of the molecule is CCC[C@H](O)[C@H](N)c1ccc(OC(F)(F)C(F)F)cc1.Cl. The Kier molecular flexibility index (Phi) is 7.99. The van der Waals surface area contributed by atoms with Crippen LogP contribution < -0.4 is 10.5 Å². The van der Waals surface area contributed by atoms with Gasteiger partial charge in [-0.1, -0.05) is 25.5 Å². The number of hydrogen-bond donors (Lipinski definition) is 2. The Labute approximate surface area is 126 Å². The fraction of sp³-hybridized carbons (Fsp3) is 0.538. The molecule has 0 aliphatic heterocycles. The third-order valence-corrected chi connectivity index (χ3v) is 2.77. The fourth-order valence-electron chi connectivity index (χ4n) is 1.66. The first-order valence-corrected chi connectivity index (χ1v) is 6.16. The number of rotatable bonds is 7. The van der Waals surface area contributed by atoms with Gasteiger partial charge in [-0.2, -0.15) is 17.6 Å². The first-order valence-electron chi connectivity index (χ1n) is 6.16. The van der Waals surface area contributed by atoms with E-state index in [1.807, 2.05) is 6.92 Å². The molecule has 0 aliphatic rings. The standard InChI is InChI=1S/C13H17F4NO2.ClH/c1-2-3-10(19)11(18)8-4-6-9(7-5-8)20-13(16,17)12(14)15;/h4-7,10-12,19H,2-3,18H2,1H3;1H/t10-,11+;/m0./s1. The van der Waals surface area contributed by atoms with Gasteiger partial charge in [-0.3, -0.25) is 0 Å². The first kappa shape index (κ1) is 19.9. The van der Waals surface area contributed by atoms with Crippen molar-refractivity contribution >= 4 is 12.4 Å². The normalized spacial score (nSPS) is 14.5. The van der Waals surface area contributed by atoms with Gasteiger partial charge in [0.05, 0.1) is 12.1 Å². The molecule has 3 nitrogen and oxygen atoms in total. The van der Waals surface area contributed by atoms with Crippen LogP contribution in [0.3, 0.4) is 0 Å². The summed E-state index contributed by atoms with van der Waals surface area (Å²) in [5.74, 6) is -0.392. The van der Waals surface area contributed by atoms with Gasteiger partial charge in [-0.15, -0.1) is 12.4 Å². The number of alkyl halides is 4. The van der Waals surface area contributed by atoms with E-state index in [2.05, 4.69) is 4.74 Å². The molecule has 0 amide bonds. The van der Waals surface area contributed by atoms with Crippen LogP contribution in [-0.4, -0.2) is 23.7 Å². The molecule has 0 fully saturated rings. The summed E-state index contributed by atoms with van der Waals surface area (Å²) in [6, 6.07) is 4.29. The van der Waals surface area contributed by atoms with E-state index in [4.69, 9.17) is 5.73 Å². The van der Waals surface area contributed by atoms with Crippen LogP contribution in [-0.2, 0) is 0 Å².